The Balaban J connectivity index is 2.41. The largest absolute Gasteiger partial charge is 0.508 e. The van der Waals surface area contributed by atoms with Gasteiger partial charge in [-0.25, -0.2) is 4.79 Å². The van der Waals surface area contributed by atoms with Gasteiger partial charge >= 0.3 is 5.63 Å². The van der Waals surface area contributed by atoms with Crippen molar-refractivity contribution in [3.63, 3.8) is 0 Å². The summed E-state index contributed by atoms with van der Waals surface area (Å²) in [5.41, 5.74) is 1.31. The number of hydrogen-bond donors (Lipinski definition) is 1. The average Bonchev–Trinajstić information content (AvgIpc) is 2.38. The van der Waals surface area contributed by atoms with Crippen LogP contribution in [0.5, 0.6) is 5.75 Å². The summed E-state index contributed by atoms with van der Waals surface area (Å²) in [5, 5.41) is 10.7. The molecule has 1 N–H and O–H groups in total. The minimum atomic E-state index is -0.479. The molecule has 0 spiro atoms. The molecular formula is C15H9ClO3. The third-order valence-electron chi connectivity index (χ3n) is 2.89. The SMILES string of the molecule is O=c1cc(-c2ccccc2Cl)c2ccc(O)cc2o1. The predicted molar refractivity (Wildman–Crippen MR) is 74.6 cm³/mol. The predicted octanol–water partition coefficient (Wildman–Crippen LogP) is 3.82. The van der Waals surface area contributed by atoms with Gasteiger partial charge in [-0.15, -0.1) is 0 Å². The van der Waals surface area contributed by atoms with E-state index in [0.29, 0.717) is 16.2 Å². The van der Waals surface area contributed by atoms with Crippen molar-refractivity contribution in [3.8, 4) is 16.9 Å². The van der Waals surface area contributed by atoms with E-state index in [9.17, 15) is 9.90 Å². The summed E-state index contributed by atoms with van der Waals surface area (Å²) >= 11 is 6.16. The summed E-state index contributed by atoms with van der Waals surface area (Å²) < 4.78 is 5.09. The second kappa shape index (κ2) is 4.44. The van der Waals surface area contributed by atoms with E-state index in [-0.39, 0.29) is 5.75 Å². The van der Waals surface area contributed by atoms with Gasteiger partial charge in [-0.3, -0.25) is 0 Å². The lowest BCUT2D eigenvalue weighted by Crippen LogP contribution is -1.98. The third kappa shape index (κ3) is 2.09. The minimum absolute atomic E-state index is 0.0481. The fraction of sp³-hybridized carbons (Fsp3) is 0. The first kappa shape index (κ1) is 11.8. The Morgan fingerprint density at radius 2 is 1.79 bits per heavy atom. The Bertz CT molecular complexity index is 821. The maximum Gasteiger partial charge on any atom is 0.336 e. The quantitative estimate of drug-likeness (QED) is 0.685. The standard InChI is InChI=1S/C15H9ClO3/c16-13-4-2-1-3-10(13)12-8-15(18)19-14-7-9(17)5-6-11(12)14/h1-8,17H. The van der Waals surface area contributed by atoms with Crippen LogP contribution < -0.4 is 5.63 Å². The van der Waals surface area contributed by atoms with Crippen LogP contribution in [0.15, 0.2) is 57.7 Å². The Morgan fingerprint density at radius 1 is 1.00 bits per heavy atom. The summed E-state index contributed by atoms with van der Waals surface area (Å²) in [7, 11) is 0. The van der Waals surface area contributed by atoms with E-state index in [1.165, 1.54) is 12.1 Å². The van der Waals surface area contributed by atoms with Gasteiger partial charge in [0.1, 0.15) is 11.3 Å². The van der Waals surface area contributed by atoms with Gasteiger partial charge in [-0.2, -0.15) is 0 Å². The fourth-order valence-corrected chi connectivity index (χ4v) is 2.29. The molecule has 0 fully saturated rings. The Kier molecular flexibility index (Phi) is 2.76. The molecule has 0 unspecified atom stereocenters. The van der Waals surface area contributed by atoms with Gasteiger partial charge < -0.3 is 9.52 Å². The number of phenolic OH excluding ortho intramolecular Hbond substituents is 1. The zero-order valence-corrected chi connectivity index (χ0v) is 10.5. The number of phenols is 1. The van der Waals surface area contributed by atoms with Crippen molar-refractivity contribution in [2.75, 3.05) is 0 Å². The Morgan fingerprint density at radius 3 is 2.58 bits per heavy atom. The molecule has 0 saturated heterocycles. The number of rotatable bonds is 1. The van der Waals surface area contributed by atoms with Crippen LogP contribution in [-0.2, 0) is 0 Å². The van der Waals surface area contributed by atoms with Gasteiger partial charge in [-0.1, -0.05) is 29.8 Å². The normalized spacial score (nSPS) is 10.8. The van der Waals surface area contributed by atoms with Crippen LogP contribution in [0.25, 0.3) is 22.1 Å². The van der Waals surface area contributed by atoms with Crippen LogP contribution in [-0.4, -0.2) is 5.11 Å². The molecule has 3 nitrogen and oxygen atoms in total. The van der Waals surface area contributed by atoms with Crippen molar-refractivity contribution >= 4 is 22.6 Å². The van der Waals surface area contributed by atoms with Crippen molar-refractivity contribution in [2.24, 2.45) is 0 Å². The summed E-state index contributed by atoms with van der Waals surface area (Å²) in [5.74, 6) is 0.0481. The number of hydrogen-bond acceptors (Lipinski definition) is 3. The first-order chi connectivity index (χ1) is 9.15. The highest BCUT2D eigenvalue weighted by molar-refractivity contribution is 6.33. The van der Waals surface area contributed by atoms with Crippen molar-refractivity contribution in [1.82, 2.24) is 0 Å². The van der Waals surface area contributed by atoms with Crippen LogP contribution in [0.3, 0.4) is 0 Å². The summed E-state index contributed by atoms with van der Waals surface area (Å²) in [4.78, 5) is 11.6. The van der Waals surface area contributed by atoms with E-state index >= 15 is 0 Å². The molecule has 0 aliphatic heterocycles. The van der Waals surface area contributed by atoms with Gasteiger partial charge in [0.05, 0.1) is 0 Å². The minimum Gasteiger partial charge on any atom is -0.508 e. The molecule has 1 aromatic heterocycles. The zero-order valence-electron chi connectivity index (χ0n) is 9.76. The van der Waals surface area contributed by atoms with Crippen molar-refractivity contribution < 1.29 is 9.52 Å². The molecule has 1 heterocycles. The maximum absolute atomic E-state index is 11.6. The van der Waals surface area contributed by atoms with Gasteiger partial charge in [0.2, 0.25) is 0 Å². The molecule has 3 aromatic rings. The highest BCUT2D eigenvalue weighted by Gasteiger charge is 2.10. The van der Waals surface area contributed by atoms with Gasteiger partial charge in [0.15, 0.2) is 0 Å². The van der Waals surface area contributed by atoms with Crippen LogP contribution in [0, 0.1) is 0 Å². The topological polar surface area (TPSA) is 50.4 Å². The lowest BCUT2D eigenvalue weighted by atomic mass is 10.0. The third-order valence-corrected chi connectivity index (χ3v) is 3.22. The molecule has 2 aromatic carbocycles. The molecule has 0 amide bonds. The van der Waals surface area contributed by atoms with E-state index in [0.717, 1.165) is 10.9 Å². The van der Waals surface area contributed by atoms with E-state index in [4.69, 9.17) is 16.0 Å². The number of benzene rings is 2. The smallest absolute Gasteiger partial charge is 0.336 e. The molecule has 0 radical (unpaired) electrons. The summed E-state index contributed by atoms with van der Waals surface area (Å²) in [6, 6.07) is 13.3. The maximum atomic E-state index is 11.6. The average molecular weight is 273 g/mol. The number of fused-ring (bicyclic) bond motifs is 1. The molecular weight excluding hydrogens is 264 g/mol. The van der Waals surface area contributed by atoms with E-state index < -0.39 is 5.63 Å². The second-order valence-corrected chi connectivity index (χ2v) is 4.55. The van der Waals surface area contributed by atoms with Crippen LogP contribution >= 0.6 is 11.6 Å². The lowest BCUT2D eigenvalue weighted by Gasteiger charge is -2.07. The van der Waals surface area contributed by atoms with Crippen molar-refractivity contribution in [2.45, 2.75) is 0 Å². The molecule has 0 atom stereocenters. The molecule has 94 valence electrons. The van der Waals surface area contributed by atoms with Crippen molar-refractivity contribution in [1.29, 1.82) is 0 Å². The van der Waals surface area contributed by atoms with Crippen LogP contribution in [0.2, 0.25) is 5.02 Å². The highest BCUT2D eigenvalue weighted by Crippen LogP contribution is 2.33. The Labute approximate surface area is 113 Å². The molecule has 0 aliphatic carbocycles. The number of halogens is 1. The lowest BCUT2D eigenvalue weighted by molar-refractivity contribution is 0.473. The molecule has 3 rings (SSSR count). The van der Waals surface area contributed by atoms with Crippen molar-refractivity contribution in [3.05, 3.63) is 64.0 Å². The fourth-order valence-electron chi connectivity index (χ4n) is 2.05. The van der Waals surface area contributed by atoms with E-state index in [1.54, 1.807) is 18.2 Å². The van der Waals surface area contributed by atoms with Crippen LogP contribution in [0.1, 0.15) is 0 Å². The van der Waals surface area contributed by atoms with E-state index in [2.05, 4.69) is 0 Å². The molecule has 0 saturated carbocycles. The van der Waals surface area contributed by atoms with Crippen LogP contribution in [0.4, 0.5) is 0 Å². The molecule has 4 heteroatoms. The second-order valence-electron chi connectivity index (χ2n) is 4.14. The Hall–Kier alpha value is -2.26. The molecule has 19 heavy (non-hydrogen) atoms. The summed E-state index contributed by atoms with van der Waals surface area (Å²) in [6.07, 6.45) is 0. The number of aromatic hydroxyl groups is 1. The van der Waals surface area contributed by atoms with Gasteiger partial charge in [0, 0.05) is 33.7 Å². The van der Waals surface area contributed by atoms with E-state index in [1.807, 2.05) is 18.2 Å². The first-order valence-electron chi connectivity index (χ1n) is 5.67. The monoisotopic (exact) mass is 272 g/mol. The molecule has 0 aliphatic rings. The first-order valence-corrected chi connectivity index (χ1v) is 6.05. The van der Waals surface area contributed by atoms with Gasteiger partial charge in [-0.05, 0) is 18.2 Å². The van der Waals surface area contributed by atoms with Gasteiger partial charge in [0.25, 0.3) is 0 Å². The molecule has 0 bridgehead atoms. The summed E-state index contributed by atoms with van der Waals surface area (Å²) in [6.45, 7) is 0. The zero-order chi connectivity index (χ0) is 13.4. The highest BCUT2D eigenvalue weighted by atomic mass is 35.5.